The molecule has 1 unspecified atom stereocenters. The summed E-state index contributed by atoms with van der Waals surface area (Å²) in [5.41, 5.74) is 2.67. The van der Waals surface area contributed by atoms with Gasteiger partial charge in [-0.3, -0.25) is 0 Å². The molecule has 0 aromatic heterocycles. The summed E-state index contributed by atoms with van der Waals surface area (Å²) in [6.45, 7) is 8.42. The predicted octanol–water partition coefficient (Wildman–Crippen LogP) is 3.03. The van der Waals surface area contributed by atoms with Crippen LogP contribution in [0.3, 0.4) is 0 Å². The summed E-state index contributed by atoms with van der Waals surface area (Å²) in [7, 11) is 0. The highest BCUT2D eigenvalue weighted by molar-refractivity contribution is 5.02. The van der Waals surface area contributed by atoms with E-state index in [0.29, 0.717) is 6.61 Å². The van der Waals surface area contributed by atoms with Crippen LogP contribution in [-0.4, -0.2) is 18.0 Å². The first-order valence-corrected chi connectivity index (χ1v) is 5.11. The van der Waals surface area contributed by atoms with Crippen LogP contribution in [0, 0.1) is 0 Å². The van der Waals surface area contributed by atoms with Crippen LogP contribution in [0.15, 0.2) is 23.3 Å². The van der Waals surface area contributed by atoms with Crippen molar-refractivity contribution in [2.24, 2.45) is 0 Å². The summed E-state index contributed by atoms with van der Waals surface area (Å²) in [6, 6.07) is 0. The van der Waals surface area contributed by atoms with Gasteiger partial charge in [-0.1, -0.05) is 23.3 Å². The number of allylic oxidation sites excluding steroid dienone is 3. The molecular weight excluding hydrogens is 176 g/mol. The standard InChI is InChI=1S/C12H22O2/c1-10(2)6-5-7-11(3)8-9-14-12(4)13/h6,8,12-13H,5,7,9H2,1-4H3/b11-8+. The molecule has 0 aliphatic heterocycles. The molecule has 0 bridgehead atoms. The Balaban J connectivity index is 3.62. The van der Waals surface area contributed by atoms with Crippen molar-refractivity contribution in [2.75, 3.05) is 6.61 Å². The molecule has 82 valence electrons. The van der Waals surface area contributed by atoms with E-state index < -0.39 is 6.29 Å². The molecule has 0 aliphatic rings. The molecule has 0 radical (unpaired) electrons. The van der Waals surface area contributed by atoms with E-state index in [9.17, 15) is 0 Å². The number of rotatable bonds is 6. The Bertz CT molecular complexity index is 198. The van der Waals surface area contributed by atoms with E-state index in [1.54, 1.807) is 6.92 Å². The van der Waals surface area contributed by atoms with E-state index in [2.05, 4.69) is 26.8 Å². The van der Waals surface area contributed by atoms with Gasteiger partial charge in [-0.05, 0) is 40.5 Å². The van der Waals surface area contributed by atoms with Crippen LogP contribution in [0.25, 0.3) is 0 Å². The van der Waals surface area contributed by atoms with Gasteiger partial charge in [-0.15, -0.1) is 0 Å². The maximum Gasteiger partial charge on any atom is 0.152 e. The zero-order valence-corrected chi connectivity index (χ0v) is 9.71. The molecular formula is C12H22O2. The lowest BCUT2D eigenvalue weighted by molar-refractivity contribution is -0.0741. The molecule has 0 saturated carbocycles. The van der Waals surface area contributed by atoms with Gasteiger partial charge in [0.15, 0.2) is 6.29 Å². The third-order valence-electron chi connectivity index (χ3n) is 1.86. The summed E-state index contributed by atoms with van der Waals surface area (Å²) in [4.78, 5) is 0. The van der Waals surface area contributed by atoms with E-state index in [1.165, 1.54) is 11.1 Å². The van der Waals surface area contributed by atoms with E-state index in [-0.39, 0.29) is 0 Å². The Morgan fingerprint density at radius 1 is 1.29 bits per heavy atom. The van der Waals surface area contributed by atoms with Crippen molar-refractivity contribution in [3.63, 3.8) is 0 Å². The third kappa shape index (κ3) is 9.49. The molecule has 0 aliphatic carbocycles. The Morgan fingerprint density at radius 3 is 2.43 bits per heavy atom. The topological polar surface area (TPSA) is 29.5 Å². The smallest absolute Gasteiger partial charge is 0.152 e. The quantitative estimate of drug-likeness (QED) is 0.525. The predicted molar refractivity (Wildman–Crippen MR) is 60.1 cm³/mol. The maximum absolute atomic E-state index is 8.85. The Kier molecular flexibility index (Phi) is 7.44. The Labute approximate surface area is 87.3 Å². The fourth-order valence-corrected chi connectivity index (χ4v) is 1.02. The van der Waals surface area contributed by atoms with Crippen LogP contribution in [0.5, 0.6) is 0 Å². The second-order valence-electron chi connectivity index (χ2n) is 3.80. The van der Waals surface area contributed by atoms with Gasteiger partial charge < -0.3 is 9.84 Å². The second-order valence-corrected chi connectivity index (χ2v) is 3.80. The normalized spacial score (nSPS) is 13.9. The van der Waals surface area contributed by atoms with Gasteiger partial charge in [0.1, 0.15) is 0 Å². The minimum atomic E-state index is -0.670. The van der Waals surface area contributed by atoms with Gasteiger partial charge in [0.05, 0.1) is 6.61 Å². The summed E-state index contributed by atoms with van der Waals surface area (Å²) in [5.74, 6) is 0. The van der Waals surface area contributed by atoms with Crippen molar-refractivity contribution < 1.29 is 9.84 Å². The van der Waals surface area contributed by atoms with Gasteiger partial charge >= 0.3 is 0 Å². The largest absolute Gasteiger partial charge is 0.368 e. The maximum atomic E-state index is 8.85. The van der Waals surface area contributed by atoms with E-state index >= 15 is 0 Å². The molecule has 0 spiro atoms. The number of hydrogen-bond donors (Lipinski definition) is 1. The highest BCUT2D eigenvalue weighted by atomic mass is 16.6. The zero-order chi connectivity index (χ0) is 11.0. The molecule has 0 amide bonds. The van der Waals surface area contributed by atoms with Crippen LogP contribution in [0.2, 0.25) is 0 Å². The van der Waals surface area contributed by atoms with Crippen LogP contribution < -0.4 is 0 Å². The summed E-state index contributed by atoms with van der Waals surface area (Å²) >= 11 is 0. The highest BCUT2D eigenvalue weighted by Crippen LogP contribution is 2.06. The number of ether oxygens (including phenoxy) is 1. The van der Waals surface area contributed by atoms with E-state index in [0.717, 1.165) is 12.8 Å². The van der Waals surface area contributed by atoms with Crippen molar-refractivity contribution in [2.45, 2.75) is 46.8 Å². The monoisotopic (exact) mass is 198 g/mol. The van der Waals surface area contributed by atoms with Gasteiger partial charge in [0.2, 0.25) is 0 Å². The van der Waals surface area contributed by atoms with Crippen LogP contribution in [-0.2, 0) is 4.74 Å². The molecule has 0 aromatic carbocycles. The lowest BCUT2D eigenvalue weighted by atomic mass is 10.1. The van der Waals surface area contributed by atoms with E-state index in [4.69, 9.17) is 9.84 Å². The second kappa shape index (κ2) is 7.77. The van der Waals surface area contributed by atoms with Crippen molar-refractivity contribution in [1.29, 1.82) is 0 Å². The first kappa shape index (κ1) is 13.4. The fraction of sp³-hybridized carbons (Fsp3) is 0.667. The van der Waals surface area contributed by atoms with Crippen molar-refractivity contribution in [3.05, 3.63) is 23.3 Å². The van der Waals surface area contributed by atoms with Crippen LogP contribution in [0.1, 0.15) is 40.5 Å². The average molecular weight is 198 g/mol. The SMILES string of the molecule is CC(C)=CCC/C(C)=C/COC(C)O. The molecule has 0 saturated heterocycles. The third-order valence-corrected chi connectivity index (χ3v) is 1.86. The van der Waals surface area contributed by atoms with Crippen molar-refractivity contribution >= 4 is 0 Å². The van der Waals surface area contributed by atoms with Gasteiger partial charge in [0.25, 0.3) is 0 Å². The van der Waals surface area contributed by atoms with E-state index in [1.807, 2.05) is 6.08 Å². The van der Waals surface area contributed by atoms with Gasteiger partial charge in [-0.25, -0.2) is 0 Å². The first-order chi connectivity index (χ1) is 6.52. The summed E-state index contributed by atoms with van der Waals surface area (Å²) in [5, 5.41) is 8.85. The molecule has 2 nitrogen and oxygen atoms in total. The minimum Gasteiger partial charge on any atom is -0.368 e. The first-order valence-electron chi connectivity index (χ1n) is 5.11. The lowest BCUT2D eigenvalue weighted by Gasteiger charge is -2.04. The molecule has 0 heterocycles. The molecule has 0 aromatic rings. The summed E-state index contributed by atoms with van der Waals surface area (Å²) in [6.07, 6.45) is 5.73. The molecule has 2 heteroatoms. The number of aliphatic hydroxyl groups is 1. The zero-order valence-electron chi connectivity index (χ0n) is 9.71. The molecule has 1 atom stereocenters. The molecule has 1 N–H and O–H groups in total. The average Bonchev–Trinajstić information content (AvgIpc) is 2.02. The summed E-state index contributed by atoms with van der Waals surface area (Å²) < 4.78 is 5.00. The number of hydrogen-bond acceptors (Lipinski definition) is 2. The Hall–Kier alpha value is -0.600. The number of aliphatic hydroxyl groups excluding tert-OH is 1. The fourth-order valence-electron chi connectivity index (χ4n) is 1.02. The van der Waals surface area contributed by atoms with Crippen molar-refractivity contribution in [3.8, 4) is 0 Å². The molecule has 14 heavy (non-hydrogen) atoms. The minimum absolute atomic E-state index is 0.498. The van der Waals surface area contributed by atoms with Gasteiger partial charge in [-0.2, -0.15) is 0 Å². The highest BCUT2D eigenvalue weighted by Gasteiger charge is 1.92. The van der Waals surface area contributed by atoms with Crippen LogP contribution >= 0.6 is 0 Å². The molecule has 0 fully saturated rings. The van der Waals surface area contributed by atoms with Crippen molar-refractivity contribution in [1.82, 2.24) is 0 Å². The van der Waals surface area contributed by atoms with Crippen LogP contribution in [0.4, 0.5) is 0 Å². The van der Waals surface area contributed by atoms with Gasteiger partial charge in [0, 0.05) is 0 Å². The lowest BCUT2D eigenvalue weighted by Crippen LogP contribution is -2.05. The molecule has 0 rings (SSSR count). The Morgan fingerprint density at radius 2 is 1.93 bits per heavy atom.